The molecule has 2 saturated carbocycles. The molecule has 19 heavy (non-hydrogen) atoms. The predicted octanol–water partition coefficient (Wildman–Crippen LogP) is 2.35. The van der Waals surface area contributed by atoms with Crippen molar-refractivity contribution >= 4 is 0 Å². The third kappa shape index (κ3) is 1.85. The van der Waals surface area contributed by atoms with Crippen LogP contribution in [0.1, 0.15) is 49.4 Å². The van der Waals surface area contributed by atoms with E-state index in [0.717, 1.165) is 25.0 Å². The fraction of sp³-hybridized carbons (Fsp3) is 0.500. The SMILES string of the molecule is NC1(c2noc(-c3ccc(C4CC4)cn3)n2)CCC1. The van der Waals surface area contributed by atoms with Crippen molar-refractivity contribution in [1.82, 2.24) is 15.1 Å². The fourth-order valence-electron chi connectivity index (χ4n) is 2.50. The molecule has 2 aliphatic rings. The monoisotopic (exact) mass is 256 g/mol. The van der Waals surface area contributed by atoms with Gasteiger partial charge in [-0.05, 0) is 49.7 Å². The first-order valence-corrected chi connectivity index (χ1v) is 6.84. The molecular weight excluding hydrogens is 240 g/mol. The Morgan fingerprint density at radius 2 is 2.11 bits per heavy atom. The summed E-state index contributed by atoms with van der Waals surface area (Å²) in [5, 5.41) is 4.01. The van der Waals surface area contributed by atoms with Gasteiger partial charge in [0.05, 0.1) is 5.54 Å². The van der Waals surface area contributed by atoms with Gasteiger partial charge in [0.1, 0.15) is 5.69 Å². The van der Waals surface area contributed by atoms with Gasteiger partial charge in [0.25, 0.3) is 5.89 Å². The summed E-state index contributed by atoms with van der Waals surface area (Å²) < 4.78 is 5.29. The van der Waals surface area contributed by atoms with Crippen LogP contribution in [-0.2, 0) is 5.54 Å². The first-order valence-electron chi connectivity index (χ1n) is 6.84. The van der Waals surface area contributed by atoms with E-state index in [9.17, 15) is 0 Å². The fourth-order valence-corrected chi connectivity index (χ4v) is 2.50. The third-order valence-electron chi connectivity index (χ3n) is 4.17. The number of nitrogens with two attached hydrogens (primary N) is 1. The maximum absolute atomic E-state index is 6.18. The lowest BCUT2D eigenvalue weighted by Crippen LogP contribution is -2.44. The van der Waals surface area contributed by atoms with E-state index >= 15 is 0 Å². The van der Waals surface area contributed by atoms with Crippen LogP contribution in [0.2, 0.25) is 0 Å². The molecule has 2 aromatic heterocycles. The molecule has 2 aliphatic carbocycles. The molecule has 5 nitrogen and oxygen atoms in total. The zero-order valence-electron chi connectivity index (χ0n) is 10.7. The number of hydrogen-bond donors (Lipinski definition) is 1. The second-order valence-electron chi connectivity index (χ2n) is 5.68. The van der Waals surface area contributed by atoms with E-state index < -0.39 is 0 Å². The maximum Gasteiger partial charge on any atom is 0.276 e. The highest BCUT2D eigenvalue weighted by molar-refractivity contribution is 5.47. The highest BCUT2D eigenvalue weighted by Crippen LogP contribution is 2.40. The molecule has 5 heteroatoms. The molecule has 0 aliphatic heterocycles. The van der Waals surface area contributed by atoms with E-state index in [4.69, 9.17) is 10.3 Å². The molecule has 2 aromatic rings. The highest BCUT2D eigenvalue weighted by atomic mass is 16.5. The van der Waals surface area contributed by atoms with Crippen molar-refractivity contribution in [2.45, 2.75) is 43.6 Å². The van der Waals surface area contributed by atoms with Crippen LogP contribution in [0.5, 0.6) is 0 Å². The molecule has 0 saturated heterocycles. The Morgan fingerprint density at radius 3 is 2.68 bits per heavy atom. The minimum absolute atomic E-state index is 0.379. The lowest BCUT2D eigenvalue weighted by atomic mass is 9.77. The molecule has 0 bridgehead atoms. The highest BCUT2D eigenvalue weighted by Gasteiger charge is 2.39. The summed E-state index contributed by atoms with van der Waals surface area (Å²) in [6, 6.07) is 4.06. The number of aromatic nitrogens is 3. The molecule has 4 rings (SSSR count). The zero-order chi connectivity index (χ0) is 12.9. The van der Waals surface area contributed by atoms with Crippen molar-refractivity contribution in [3.63, 3.8) is 0 Å². The van der Waals surface area contributed by atoms with Gasteiger partial charge in [-0.2, -0.15) is 4.98 Å². The van der Waals surface area contributed by atoms with Crippen LogP contribution in [0.3, 0.4) is 0 Å². The Balaban J connectivity index is 1.61. The zero-order valence-corrected chi connectivity index (χ0v) is 10.7. The summed E-state index contributed by atoms with van der Waals surface area (Å²) in [6.07, 6.45) is 7.47. The molecular formula is C14H16N4O. The second-order valence-corrected chi connectivity index (χ2v) is 5.68. The molecule has 0 radical (unpaired) electrons. The Labute approximate surface area is 111 Å². The summed E-state index contributed by atoms with van der Waals surface area (Å²) in [4.78, 5) is 8.81. The van der Waals surface area contributed by atoms with Crippen LogP contribution < -0.4 is 5.73 Å². The van der Waals surface area contributed by atoms with Gasteiger partial charge in [-0.1, -0.05) is 11.2 Å². The van der Waals surface area contributed by atoms with Crippen LogP contribution in [-0.4, -0.2) is 15.1 Å². The van der Waals surface area contributed by atoms with Crippen molar-refractivity contribution in [1.29, 1.82) is 0 Å². The van der Waals surface area contributed by atoms with E-state index in [0.29, 0.717) is 17.6 Å². The standard InChI is InChI=1S/C14H16N4O/c15-14(6-1-7-14)13-17-12(19-18-13)11-5-4-10(8-16-11)9-2-3-9/h4-5,8-9H,1-3,6-7,15H2. The minimum Gasteiger partial charge on any atom is -0.332 e. The second kappa shape index (κ2) is 3.87. The van der Waals surface area contributed by atoms with Crippen LogP contribution in [0, 0.1) is 0 Å². The molecule has 0 atom stereocenters. The molecule has 0 unspecified atom stereocenters. The molecule has 2 N–H and O–H groups in total. The van der Waals surface area contributed by atoms with Gasteiger partial charge in [-0.25, -0.2) is 0 Å². The Kier molecular flexibility index (Phi) is 2.26. The number of hydrogen-bond acceptors (Lipinski definition) is 5. The molecule has 98 valence electrons. The normalized spacial score (nSPS) is 21.1. The first kappa shape index (κ1) is 11.1. The summed E-state index contributed by atoms with van der Waals surface area (Å²) in [7, 11) is 0. The van der Waals surface area contributed by atoms with E-state index in [1.807, 2.05) is 12.3 Å². The summed E-state index contributed by atoms with van der Waals surface area (Å²) >= 11 is 0. The predicted molar refractivity (Wildman–Crippen MR) is 69.2 cm³/mol. The van der Waals surface area contributed by atoms with Gasteiger partial charge in [-0.15, -0.1) is 0 Å². The van der Waals surface area contributed by atoms with Crippen molar-refractivity contribution in [3.05, 3.63) is 29.7 Å². The topological polar surface area (TPSA) is 77.8 Å². The van der Waals surface area contributed by atoms with Gasteiger partial charge in [-0.3, -0.25) is 4.98 Å². The van der Waals surface area contributed by atoms with Crippen LogP contribution in [0.15, 0.2) is 22.9 Å². The lowest BCUT2D eigenvalue weighted by Gasteiger charge is -2.34. The van der Waals surface area contributed by atoms with Crippen LogP contribution >= 0.6 is 0 Å². The average Bonchev–Trinajstić information content (AvgIpc) is 3.14. The maximum atomic E-state index is 6.18. The lowest BCUT2D eigenvalue weighted by molar-refractivity contribution is 0.229. The van der Waals surface area contributed by atoms with Crippen molar-refractivity contribution in [3.8, 4) is 11.6 Å². The van der Waals surface area contributed by atoms with Crippen LogP contribution in [0.4, 0.5) is 0 Å². The minimum atomic E-state index is -0.379. The van der Waals surface area contributed by atoms with E-state index in [-0.39, 0.29) is 5.54 Å². The quantitative estimate of drug-likeness (QED) is 0.912. The van der Waals surface area contributed by atoms with Crippen molar-refractivity contribution in [2.24, 2.45) is 5.73 Å². The Bertz CT molecular complexity index is 596. The van der Waals surface area contributed by atoms with E-state index in [1.165, 1.54) is 18.4 Å². The number of rotatable bonds is 3. The van der Waals surface area contributed by atoms with Gasteiger partial charge >= 0.3 is 0 Å². The van der Waals surface area contributed by atoms with Gasteiger partial charge < -0.3 is 10.3 Å². The first-order chi connectivity index (χ1) is 9.24. The van der Waals surface area contributed by atoms with E-state index in [2.05, 4.69) is 21.2 Å². The van der Waals surface area contributed by atoms with Crippen molar-refractivity contribution in [2.75, 3.05) is 0 Å². The third-order valence-corrected chi connectivity index (χ3v) is 4.17. The number of pyridine rings is 1. The van der Waals surface area contributed by atoms with Crippen molar-refractivity contribution < 1.29 is 4.52 Å². The van der Waals surface area contributed by atoms with Gasteiger partial charge in [0.2, 0.25) is 0 Å². The van der Waals surface area contributed by atoms with Gasteiger partial charge in [0, 0.05) is 6.20 Å². The largest absolute Gasteiger partial charge is 0.332 e. The van der Waals surface area contributed by atoms with E-state index in [1.54, 1.807) is 0 Å². The number of nitrogens with zero attached hydrogens (tertiary/aromatic N) is 3. The van der Waals surface area contributed by atoms with Crippen LogP contribution in [0.25, 0.3) is 11.6 Å². The van der Waals surface area contributed by atoms with Gasteiger partial charge in [0.15, 0.2) is 5.82 Å². The smallest absolute Gasteiger partial charge is 0.276 e. The molecule has 0 amide bonds. The Morgan fingerprint density at radius 1 is 1.26 bits per heavy atom. The average molecular weight is 256 g/mol. The molecule has 0 aromatic carbocycles. The molecule has 2 heterocycles. The summed E-state index contributed by atoms with van der Waals surface area (Å²) in [5.41, 5.74) is 7.83. The Hall–Kier alpha value is -1.75. The molecule has 0 spiro atoms. The molecule has 2 fully saturated rings. The summed E-state index contributed by atoms with van der Waals surface area (Å²) in [6.45, 7) is 0. The summed E-state index contributed by atoms with van der Waals surface area (Å²) in [5.74, 6) is 1.79.